The van der Waals surface area contributed by atoms with Crippen molar-refractivity contribution in [1.29, 1.82) is 0 Å². The molecule has 4 heteroatoms. The van der Waals surface area contributed by atoms with Crippen LogP contribution in [0.4, 0.5) is 0 Å². The molecule has 11 heavy (non-hydrogen) atoms. The first kappa shape index (κ1) is 7.78. The fourth-order valence-electron chi connectivity index (χ4n) is 0.801. The quantitative estimate of drug-likeness (QED) is 0.577. The number of hydrazine groups is 1. The second-order valence-corrected chi connectivity index (χ2v) is 2.24. The van der Waals surface area contributed by atoms with Crippen LogP contribution in [0.3, 0.4) is 0 Å². The Bertz CT molecular complexity index is 188. The van der Waals surface area contributed by atoms with E-state index < -0.39 is 0 Å². The van der Waals surface area contributed by atoms with Gasteiger partial charge in [-0.15, -0.1) is 6.58 Å². The minimum absolute atomic E-state index is 0.0478. The summed E-state index contributed by atoms with van der Waals surface area (Å²) < 4.78 is 0. The molecule has 1 aliphatic heterocycles. The average Bonchev–Trinajstić information content (AvgIpc) is 2.40. The highest BCUT2D eigenvalue weighted by Crippen LogP contribution is 1.89. The van der Waals surface area contributed by atoms with Gasteiger partial charge in [-0.2, -0.15) is 0 Å². The summed E-state index contributed by atoms with van der Waals surface area (Å²) in [7, 11) is 0. The predicted octanol–water partition coefficient (Wildman–Crippen LogP) is -0.0624. The first-order valence-electron chi connectivity index (χ1n) is 3.50. The first-order chi connectivity index (χ1) is 5.33. The molecular weight excluding hydrogens is 142 g/mol. The maximum Gasteiger partial charge on any atom is 0.242 e. The van der Waals surface area contributed by atoms with Crippen LogP contribution in [0.25, 0.3) is 0 Å². The standard InChI is InChI=1S/C7H11N3O/c1-2-3-7(11)9-10-5-4-8-6-10/h2,6H,1,3-5H2,(H,9,11). The van der Waals surface area contributed by atoms with Gasteiger partial charge in [0.05, 0.1) is 13.1 Å². The van der Waals surface area contributed by atoms with Gasteiger partial charge in [0.1, 0.15) is 6.34 Å². The molecule has 0 unspecified atom stereocenters. The third kappa shape index (κ3) is 2.41. The summed E-state index contributed by atoms with van der Waals surface area (Å²) >= 11 is 0. The Morgan fingerprint density at radius 3 is 3.27 bits per heavy atom. The van der Waals surface area contributed by atoms with E-state index in [4.69, 9.17) is 0 Å². The van der Waals surface area contributed by atoms with Crippen molar-refractivity contribution in [2.45, 2.75) is 6.42 Å². The molecule has 1 rings (SSSR count). The normalized spacial score (nSPS) is 15.1. The molecule has 0 spiro atoms. The van der Waals surface area contributed by atoms with Crippen molar-refractivity contribution < 1.29 is 4.79 Å². The largest absolute Gasteiger partial charge is 0.273 e. The van der Waals surface area contributed by atoms with E-state index in [1.807, 2.05) is 0 Å². The molecule has 0 aliphatic carbocycles. The molecule has 0 atom stereocenters. The summed E-state index contributed by atoms with van der Waals surface area (Å²) in [5.74, 6) is -0.0478. The fraction of sp³-hybridized carbons (Fsp3) is 0.429. The Labute approximate surface area is 65.6 Å². The van der Waals surface area contributed by atoms with Crippen LogP contribution in [-0.2, 0) is 4.79 Å². The Morgan fingerprint density at radius 1 is 1.91 bits per heavy atom. The minimum Gasteiger partial charge on any atom is -0.273 e. The monoisotopic (exact) mass is 153 g/mol. The van der Waals surface area contributed by atoms with Crippen LogP contribution >= 0.6 is 0 Å². The van der Waals surface area contributed by atoms with Gasteiger partial charge in [-0.1, -0.05) is 6.08 Å². The van der Waals surface area contributed by atoms with Crippen molar-refractivity contribution in [3.05, 3.63) is 12.7 Å². The van der Waals surface area contributed by atoms with Crippen LogP contribution in [0.2, 0.25) is 0 Å². The number of nitrogens with zero attached hydrogens (tertiary/aromatic N) is 2. The van der Waals surface area contributed by atoms with Gasteiger partial charge < -0.3 is 0 Å². The summed E-state index contributed by atoms with van der Waals surface area (Å²) in [6.45, 7) is 4.99. The lowest BCUT2D eigenvalue weighted by Crippen LogP contribution is -2.39. The Morgan fingerprint density at radius 2 is 2.73 bits per heavy atom. The first-order valence-corrected chi connectivity index (χ1v) is 3.50. The van der Waals surface area contributed by atoms with Crippen molar-refractivity contribution in [1.82, 2.24) is 10.4 Å². The lowest BCUT2D eigenvalue weighted by atomic mass is 10.4. The van der Waals surface area contributed by atoms with E-state index in [-0.39, 0.29) is 5.91 Å². The highest BCUT2D eigenvalue weighted by Gasteiger charge is 2.06. The molecule has 0 aromatic carbocycles. The van der Waals surface area contributed by atoms with Gasteiger partial charge in [0, 0.05) is 6.42 Å². The van der Waals surface area contributed by atoms with Crippen molar-refractivity contribution in [2.75, 3.05) is 13.1 Å². The third-order valence-corrected chi connectivity index (χ3v) is 1.29. The van der Waals surface area contributed by atoms with Gasteiger partial charge in [-0.3, -0.25) is 20.2 Å². The van der Waals surface area contributed by atoms with Crippen LogP contribution in [0.1, 0.15) is 6.42 Å². The lowest BCUT2D eigenvalue weighted by molar-refractivity contribution is -0.123. The second-order valence-electron chi connectivity index (χ2n) is 2.24. The van der Waals surface area contributed by atoms with Gasteiger partial charge in [0.25, 0.3) is 0 Å². The molecule has 1 amide bonds. The summed E-state index contributed by atoms with van der Waals surface area (Å²) in [6, 6.07) is 0. The van der Waals surface area contributed by atoms with Crippen LogP contribution in [0.15, 0.2) is 17.6 Å². The molecule has 1 N–H and O–H groups in total. The number of rotatable bonds is 3. The smallest absolute Gasteiger partial charge is 0.242 e. The van der Waals surface area contributed by atoms with Crippen LogP contribution in [0.5, 0.6) is 0 Å². The number of carbonyl (C=O) groups excluding carboxylic acids is 1. The maximum absolute atomic E-state index is 10.9. The molecule has 0 radical (unpaired) electrons. The second kappa shape index (κ2) is 3.75. The molecule has 0 bridgehead atoms. The van der Waals surface area contributed by atoms with E-state index >= 15 is 0 Å². The summed E-state index contributed by atoms with van der Waals surface area (Å²) in [5, 5.41) is 1.67. The van der Waals surface area contributed by atoms with Crippen LogP contribution < -0.4 is 5.43 Å². The lowest BCUT2D eigenvalue weighted by Gasteiger charge is -2.13. The van der Waals surface area contributed by atoms with Gasteiger partial charge >= 0.3 is 0 Å². The maximum atomic E-state index is 10.9. The Balaban J connectivity index is 2.24. The van der Waals surface area contributed by atoms with Crippen LogP contribution in [0, 0.1) is 0 Å². The predicted molar refractivity (Wildman–Crippen MR) is 43.0 cm³/mol. The van der Waals surface area contributed by atoms with Gasteiger partial charge in [-0.25, -0.2) is 0 Å². The Hall–Kier alpha value is -1.32. The zero-order valence-electron chi connectivity index (χ0n) is 6.29. The zero-order valence-corrected chi connectivity index (χ0v) is 6.29. The number of nitrogens with one attached hydrogen (secondary N) is 1. The summed E-state index contributed by atoms with van der Waals surface area (Å²) in [5.41, 5.74) is 2.65. The number of aliphatic imine (C=N–C) groups is 1. The van der Waals surface area contributed by atoms with Gasteiger partial charge in [-0.05, 0) is 0 Å². The number of amides is 1. The molecular formula is C7H11N3O. The van der Waals surface area contributed by atoms with Crippen molar-refractivity contribution >= 4 is 12.2 Å². The summed E-state index contributed by atoms with van der Waals surface area (Å²) in [6.07, 6.45) is 3.55. The SMILES string of the molecule is C=CCC(=O)NN1C=NCC1. The highest BCUT2D eigenvalue weighted by atomic mass is 16.2. The van der Waals surface area contributed by atoms with Crippen LogP contribution in [-0.4, -0.2) is 30.3 Å². The molecule has 4 nitrogen and oxygen atoms in total. The van der Waals surface area contributed by atoms with E-state index in [9.17, 15) is 4.79 Å². The van der Waals surface area contributed by atoms with Gasteiger partial charge in [0.2, 0.25) is 5.91 Å². The topological polar surface area (TPSA) is 44.7 Å². The minimum atomic E-state index is -0.0478. The highest BCUT2D eigenvalue weighted by molar-refractivity contribution is 5.78. The van der Waals surface area contributed by atoms with E-state index in [1.54, 1.807) is 17.4 Å². The number of hydrogen-bond donors (Lipinski definition) is 1. The van der Waals surface area contributed by atoms with Crippen molar-refractivity contribution in [3.8, 4) is 0 Å². The fourth-order valence-corrected chi connectivity index (χ4v) is 0.801. The number of hydrogen-bond acceptors (Lipinski definition) is 3. The Kier molecular flexibility index (Phi) is 2.66. The van der Waals surface area contributed by atoms with Crippen molar-refractivity contribution in [3.63, 3.8) is 0 Å². The van der Waals surface area contributed by atoms with E-state index in [1.165, 1.54) is 0 Å². The molecule has 0 aromatic rings. The van der Waals surface area contributed by atoms with Crippen molar-refractivity contribution in [2.24, 2.45) is 4.99 Å². The van der Waals surface area contributed by atoms with Gasteiger partial charge in [0.15, 0.2) is 0 Å². The molecule has 1 heterocycles. The molecule has 0 aromatic heterocycles. The van der Waals surface area contributed by atoms with E-state index in [2.05, 4.69) is 17.0 Å². The third-order valence-electron chi connectivity index (χ3n) is 1.29. The molecule has 60 valence electrons. The molecule has 0 saturated carbocycles. The summed E-state index contributed by atoms with van der Waals surface area (Å²) in [4.78, 5) is 14.9. The molecule has 0 fully saturated rings. The number of carbonyl (C=O) groups is 1. The van der Waals surface area contributed by atoms with E-state index in [0.29, 0.717) is 6.42 Å². The zero-order chi connectivity index (χ0) is 8.10. The average molecular weight is 153 g/mol. The molecule has 0 saturated heterocycles. The van der Waals surface area contributed by atoms with E-state index in [0.717, 1.165) is 13.1 Å². The molecule has 1 aliphatic rings.